The maximum absolute atomic E-state index is 6.41. The lowest BCUT2D eigenvalue weighted by atomic mass is 10.0. The zero-order chi connectivity index (χ0) is 21.4. The first kappa shape index (κ1) is 19.8. The number of pyridine rings is 1. The molecule has 6 heteroatoms. The van der Waals surface area contributed by atoms with Gasteiger partial charge in [0.2, 0.25) is 0 Å². The minimum Gasteiger partial charge on any atom is -0.459 e. The van der Waals surface area contributed by atoms with Gasteiger partial charge in [-0.3, -0.25) is 4.98 Å². The summed E-state index contributed by atoms with van der Waals surface area (Å²) >= 11 is 12.1. The van der Waals surface area contributed by atoms with Crippen molar-refractivity contribution in [3.63, 3.8) is 0 Å². The molecule has 1 fully saturated rings. The highest BCUT2D eigenvalue weighted by atomic mass is 35.5. The molecule has 0 bridgehead atoms. The Bertz CT molecular complexity index is 1230. The number of hydrogen-bond donors (Lipinski definition) is 1. The average molecular weight is 446 g/mol. The van der Waals surface area contributed by atoms with Gasteiger partial charge in [0.05, 0.1) is 11.7 Å². The van der Waals surface area contributed by atoms with E-state index in [1.807, 2.05) is 85.8 Å². The van der Waals surface area contributed by atoms with E-state index < -0.39 is 0 Å². The Morgan fingerprint density at radius 1 is 0.968 bits per heavy atom. The lowest BCUT2D eigenvalue weighted by molar-refractivity contribution is 0.439. The van der Waals surface area contributed by atoms with E-state index in [2.05, 4.69) is 15.2 Å². The first-order valence-electron chi connectivity index (χ1n) is 10.0. The molecule has 0 saturated carbocycles. The van der Waals surface area contributed by atoms with Crippen molar-refractivity contribution in [2.24, 2.45) is 0 Å². The van der Waals surface area contributed by atoms with E-state index >= 15 is 0 Å². The van der Waals surface area contributed by atoms with Crippen LogP contribution in [0.2, 0.25) is 5.02 Å². The molecule has 154 valence electrons. The number of hydrogen-bond acceptors (Lipinski definition) is 3. The Labute approximate surface area is 191 Å². The standard InChI is InChI=1S/C25H20ClN3OS/c1-16-18(10-7-11-19(16)26)21-13-14-22(30-21)24-23(20-12-5-6-15-27-20)28-25(31)29(24)17-8-3-2-4-9-17/h2-15,23-24H,1H3,(H,28,31)/t23-,24+/m1/s1. The van der Waals surface area contributed by atoms with Crippen LogP contribution in [0.1, 0.15) is 29.1 Å². The maximum atomic E-state index is 6.41. The van der Waals surface area contributed by atoms with Crippen molar-refractivity contribution in [1.29, 1.82) is 0 Å². The van der Waals surface area contributed by atoms with Crippen LogP contribution in [-0.4, -0.2) is 10.1 Å². The fourth-order valence-electron chi connectivity index (χ4n) is 4.04. The number of nitrogens with zero attached hydrogens (tertiary/aromatic N) is 2. The van der Waals surface area contributed by atoms with Crippen molar-refractivity contribution in [2.45, 2.75) is 19.0 Å². The van der Waals surface area contributed by atoms with Gasteiger partial charge in [0.25, 0.3) is 0 Å². The predicted molar refractivity (Wildman–Crippen MR) is 128 cm³/mol. The van der Waals surface area contributed by atoms with E-state index in [9.17, 15) is 0 Å². The van der Waals surface area contributed by atoms with Gasteiger partial charge in [-0.15, -0.1) is 0 Å². The fraction of sp³-hybridized carbons (Fsp3) is 0.120. The molecule has 2 atom stereocenters. The topological polar surface area (TPSA) is 41.3 Å². The molecule has 4 aromatic rings. The number of para-hydroxylation sites is 1. The van der Waals surface area contributed by atoms with Crippen LogP contribution in [-0.2, 0) is 0 Å². The number of nitrogens with one attached hydrogen (secondary N) is 1. The molecule has 0 aliphatic carbocycles. The molecular weight excluding hydrogens is 426 g/mol. The maximum Gasteiger partial charge on any atom is 0.174 e. The summed E-state index contributed by atoms with van der Waals surface area (Å²) in [6.45, 7) is 2.00. The average Bonchev–Trinajstić information content (AvgIpc) is 3.41. The lowest BCUT2D eigenvalue weighted by Gasteiger charge is -2.26. The van der Waals surface area contributed by atoms with Gasteiger partial charge in [0.15, 0.2) is 5.11 Å². The Morgan fingerprint density at radius 2 is 1.77 bits per heavy atom. The summed E-state index contributed by atoms with van der Waals surface area (Å²) in [6, 6.07) is 25.5. The van der Waals surface area contributed by atoms with E-state index in [-0.39, 0.29) is 12.1 Å². The van der Waals surface area contributed by atoms with E-state index in [0.717, 1.165) is 39.1 Å². The molecule has 5 rings (SSSR count). The highest BCUT2D eigenvalue weighted by Crippen LogP contribution is 2.43. The number of benzene rings is 2. The number of anilines is 1. The molecule has 2 aromatic carbocycles. The third-order valence-corrected chi connectivity index (χ3v) is 6.31. The molecule has 4 nitrogen and oxygen atoms in total. The lowest BCUT2D eigenvalue weighted by Crippen LogP contribution is -2.29. The van der Waals surface area contributed by atoms with Crippen molar-refractivity contribution in [3.8, 4) is 11.3 Å². The second-order valence-electron chi connectivity index (χ2n) is 7.45. The smallest absolute Gasteiger partial charge is 0.174 e. The summed E-state index contributed by atoms with van der Waals surface area (Å²) in [5.74, 6) is 1.59. The van der Waals surface area contributed by atoms with Crippen molar-refractivity contribution in [2.75, 3.05) is 4.90 Å². The molecular formula is C25H20ClN3OS. The summed E-state index contributed by atoms with van der Waals surface area (Å²) in [6.07, 6.45) is 1.80. The molecule has 0 unspecified atom stereocenters. The van der Waals surface area contributed by atoms with Gasteiger partial charge >= 0.3 is 0 Å². The van der Waals surface area contributed by atoms with Crippen LogP contribution in [0, 0.1) is 6.92 Å². The van der Waals surface area contributed by atoms with Crippen LogP contribution in [0.5, 0.6) is 0 Å². The minimum absolute atomic E-state index is 0.145. The van der Waals surface area contributed by atoms with E-state index in [1.54, 1.807) is 6.20 Å². The zero-order valence-corrected chi connectivity index (χ0v) is 18.4. The predicted octanol–water partition coefficient (Wildman–Crippen LogP) is 6.48. The highest BCUT2D eigenvalue weighted by Gasteiger charge is 2.42. The van der Waals surface area contributed by atoms with Crippen LogP contribution in [0.4, 0.5) is 5.69 Å². The molecule has 31 heavy (non-hydrogen) atoms. The summed E-state index contributed by atoms with van der Waals surface area (Å²) in [4.78, 5) is 6.68. The van der Waals surface area contributed by atoms with Gasteiger partial charge in [-0.1, -0.05) is 48.0 Å². The van der Waals surface area contributed by atoms with Gasteiger partial charge in [-0.2, -0.15) is 0 Å². The molecule has 3 heterocycles. The summed E-state index contributed by atoms with van der Waals surface area (Å²) in [5, 5.41) is 4.81. The fourth-order valence-corrected chi connectivity index (χ4v) is 4.56. The minimum atomic E-state index is -0.182. The zero-order valence-electron chi connectivity index (χ0n) is 16.8. The van der Waals surface area contributed by atoms with Gasteiger partial charge in [-0.25, -0.2) is 0 Å². The number of aromatic nitrogens is 1. The van der Waals surface area contributed by atoms with E-state index in [0.29, 0.717) is 5.11 Å². The van der Waals surface area contributed by atoms with Gasteiger partial charge < -0.3 is 14.6 Å². The molecule has 1 N–H and O–H groups in total. The van der Waals surface area contributed by atoms with Crippen molar-refractivity contribution in [3.05, 3.63) is 107 Å². The summed E-state index contributed by atoms with van der Waals surface area (Å²) in [5.41, 5.74) is 3.88. The third-order valence-electron chi connectivity index (χ3n) is 5.58. The molecule has 0 radical (unpaired) electrons. The summed E-state index contributed by atoms with van der Waals surface area (Å²) in [7, 11) is 0. The largest absolute Gasteiger partial charge is 0.459 e. The second-order valence-corrected chi connectivity index (χ2v) is 8.24. The first-order valence-corrected chi connectivity index (χ1v) is 10.8. The van der Waals surface area contributed by atoms with Crippen LogP contribution >= 0.6 is 23.8 Å². The van der Waals surface area contributed by atoms with Crippen LogP contribution in [0.15, 0.2) is 89.5 Å². The van der Waals surface area contributed by atoms with Crippen molar-refractivity contribution < 1.29 is 4.42 Å². The van der Waals surface area contributed by atoms with Gasteiger partial charge in [0.1, 0.15) is 17.6 Å². The number of furan rings is 1. The molecule has 1 aliphatic heterocycles. The number of thiocarbonyl (C=S) groups is 1. The van der Waals surface area contributed by atoms with Gasteiger partial charge in [-0.05, 0) is 67.2 Å². The van der Waals surface area contributed by atoms with Crippen LogP contribution in [0.3, 0.4) is 0 Å². The van der Waals surface area contributed by atoms with Crippen LogP contribution < -0.4 is 10.2 Å². The highest BCUT2D eigenvalue weighted by molar-refractivity contribution is 7.80. The van der Waals surface area contributed by atoms with E-state index in [4.69, 9.17) is 28.2 Å². The van der Waals surface area contributed by atoms with Gasteiger partial charge in [0, 0.05) is 22.5 Å². The Kier molecular flexibility index (Phi) is 5.22. The molecule has 0 amide bonds. The summed E-state index contributed by atoms with van der Waals surface area (Å²) < 4.78 is 6.41. The molecule has 2 aromatic heterocycles. The molecule has 1 aliphatic rings. The molecule has 1 saturated heterocycles. The van der Waals surface area contributed by atoms with Crippen LogP contribution in [0.25, 0.3) is 11.3 Å². The Morgan fingerprint density at radius 3 is 2.55 bits per heavy atom. The second kappa shape index (κ2) is 8.17. The monoisotopic (exact) mass is 445 g/mol. The SMILES string of the molecule is Cc1c(Cl)cccc1-c1ccc([C@H]2[C@@H](c3ccccn3)NC(=S)N2c2ccccc2)o1. The Balaban J connectivity index is 1.61. The molecule has 0 spiro atoms. The van der Waals surface area contributed by atoms with Crippen molar-refractivity contribution >= 4 is 34.6 Å². The Hall–Kier alpha value is -3.15. The number of halogens is 1. The number of rotatable bonds is 4. The third kappa shape index (κ3) is 3.60. The quantitative estimate of drug-likeness (QED) is 0.364. The first-order chi connectivity index (χ1) is 15.1. The normalized spacial score (nSPS) is 18.3. The van der Waals surface area contributed by atoms with E-state index in [1.165, 1.54) is 0 Å². The van der Waals surface area contributed by atoms with Crippen molar-refractivity contribution in [1.82, 2.24) is 10.3 Å².